The number of halogens is 1. The predicted molar refractivity (Wildman–Crippen MR) is 85.4 cm³/mol. The van der Waals surface area contributed by atoms with Crippen molar-refractivity contribution in [2.75, 3.05) is 11.9 Å². The van der Waals surface area contributed by atoms with Crippen molar-refractivity contribution in [2.24, 2.45) is 0 Å². The molecule has 0 radical (unpaired) electrons. The van der Waals surface area contributed by atoms with Crippen LogP contribution in [-0.4, -0.2) is 28.3 Å². The fourth-order valence-corrected chi connectivity index (χ4v) is 2.25. The summed E-state index contributed by atoms with van der Waals surface area (Å²) < 4.78 is 0. The number of amides is 1. The zero-order chi connectivity index (χ0) is 15.7. The van der Waals surface area contributed by atoms with Crippen LogP contribution >= 0.6 is 11.6 Å². The molecular weight excluding hydrogens is 302 g/mol. The van der Waals surface area contributed by atoms with Gasteiger partial charge in [-0.05, 0) is 36.4 Å². The minimum atomic E-state index is -0.446. The van der Waals surface area contributed by atoms with Gasteiger partial charge in [-0.1, -0.05) is 23.7 Å². The van der Waals surface area contributed by atoms with Crippen LogP contribution in [0.15, 0.2) is 48.5 Å². The number of fused-ring (bicyclic) bond motifs is 1. The van der Waals surface area contributed by atoms with E-state index in [4.69, 9.17) is 11.6 Å². The molecule has 0 unspecified atom stereocenters. The second kappa shape index (κ2) is 5.61. The van der Waals surface area contributed by atoms with Crippen molar-refractivity contribution in [3.8, 4) is 5.75 Å². The highest BCUT2D eigenvalue weighted by molar-refractivity contribution is 6.30. The molecule has 0 aliphatic heterocycles. The van der Waals surface area contributed by atoms with Crippen molar-refractivity contribution in [2.45, 2.75) is 0 Å². The Hall–Kier alpha value is -2.66. The lowest BCUT2D eigenvalue weighted by Gasteiger charge is -2.17. The molecule has 0 saturated carbocycles. The van der Waals surface area contributed by atoms with E-state index in [0.29, 0.717) is 21.6 Å². The number of nitrogens with zero attached hydrogens (tertiary/aromatic N) is 3. The first-order valence-corrected chi connectivity index (χ1v) is 6.94. The summed E-state index contributed by atoms with van der Waals surface area (Å²) in [7, 11) is 1.60. The Morgan fingerprint density at radius 2 is 1.77 bits per heavy atom. The molecule has 0 aliphatic carbocycles. The molecule has 1 N–H and O–H groups in total. The van der Waals surface area contributed by atoms with Crippen LogP contribution in [0.3, 0.4) is 0 Å². The topological polar surface area (TPSA) is 66.3 Å². The van der Waals surface area contributed by atoms with Gasteiger partial charge in [0.1, 0.15) is 0 Å². The van der Waals surface area contributed by atoms with E-state index < -0.39 is 5.91 Å². The van der Waals surface area contributed by atoms with Gasteiger partial charge < -0.3 is 10.0 Å². The summed E-state index contributed by atoms with van der Waals surface area (Å²) in [6.07, 6.45) is 0. The first-order chi connectivity index (χ1) is 10.6. The van der Waals surface area contributed by atoms with Crippen LogP contribution < -0.4 is 4.90 Å². The molecule has 5 nitrogen and oxygen atoms in total. The smallest absolute Gasteiger partial charge is 0.282 e. The van der Waals surface area contributed by atoms with E-state index in [1.165, 1.54) is 4.90 Å². The molecule has 3 rings (SSSR count). The number of benzene rings is 2. The van der Waals surface area contributed by atoms with Gasteiger partial charge in [0.05, 0.1) is 5.52 Å². The highest BCUT2D eigenvalue weighted by atomic mass is 35.5. The summed E-state index contributed by atoms with van der Waals surface area (Å²) in [5.41, 5.74) is 1.09. The first kappa shape index (κ1) is 14.3. The fraction of sp³-hybridized carbons (Fsp3) is 0.0625. The van der Waals surface area contributed by atoms with Crippen LogP contribution in [-0.2, 0) is 0 Å². The van der Waals surface area contributed by atoms with Crippen LogP contribution in [0.4, 0.5) is 5.69 Å². The summed E-state index contributed by atoms with van der Waals surface area (Å²) >= 11 is 5.84. The Morgan fingerprint density at radius 1 is 1.09 bits per heavy atom. The molecule has 0 spiro atoms. The van der Waals surface area contributed by atoms with Crippen molar-refractivity contribution in [1.29, 1.82) is 0 Å². The number of anilines is 1. The zero-order valence-electron chi connectivity index (χ0n) is 11.7. The Kier molecular flexibility index (Phi) is 3.65. The maximum Gasteiger partial charge on any atom is 0.282 e. The number of aromatic nitrogens is 2. The Labute approximate surface area is 131 Å². The van der Waals surface area contributed by atoms with Crippen LogP contribution in [0.25, 0.3) is 10.9 Å². The van der Waals surface area contributed by atoms with Crippen LogP contribution in [0.2, 0.25) is 5.02 Å². The minimum absolute atomic E-state index is 0.0869. The molecule has 6 heteroatoms. The van der Waals surface area contributed by atoms with Crippen LogP contribution in [0.5, 0.6) is 5.75 Å². The van der Waals surface area contributed by atoms with E-state index in [2.05, 4.69) is 10.2 Å². The third kappa shape index (κ3) is 2.46. The number of carbonyl (C=O) groups is 1. The monoisotopic (exact) mass is 313 g/mol. The quantitative estimate of drug-likeness (QED) is 0.788. The van der Waals surface area contributed by atoms with Crippen molar-refractivity contribution in [3.63, 3.8) is 0 Å². The lowest BCUT2D eigenvalue weighted by atomic mass is 10.1. The molecule has 0 fully saturated rings. The fourth-order valence-electron chi connectivity index (χ4n) is 2.12. The first-order valence-electron chi connectivity index (χ1n) is 6.56. The maximum atomic E-state index is 12.5. The summed E-state index contributed by atoms with van der Waals surface area (Å²) in [5, 5.41) is 19.2. The summed E-state index contributed by atoms with van der Waals surface area (Å²) in [6, 6.07) is 13.8. The summed E-state index contributed by atoms with van der Waals surface area (Å²) in [6.45, 7) is 0. The van der Waals surface area contributed by atoms with Crippen molar-refractivity contribution < 1.29 is 9.90 Å². The molecule has 0 bridgehead atoms. The van der Waals surface area contributed by atoms with E-state index in [1.807, 2.05) is 0 Å². The number of aromatic hydroxyl groups is 1. The van der Waals surface area contributed by atoms with E-state index >= 15 is 0 Å². The molecule has 1 aromatic heterocycles. The average Bonchev–Trinajstić information content (AvgIpc) is 2.55. The van der Waals surface area contributed by atoms with E-state index in [0.717, 1.165) is 0 Å². The lowest BCUT2D eigenvalue weighted by molar-refractivity contribution is 0.0984. The van der Waals surface area contributed by atoms with Crippen LogP contribution in [0, 0.1) is 0 Å². The maximum absolute atomic E-state index is 12.5. The van der Waals surface area contributed by atoms with Gasteiger partial charge in [-0.3, -0.25) is 4.79 Å². The van der Waals surface area contributed by atoms with Gasteiger partial charge in [-0.15, -0.1) is 10.2 Å². The third-order valence-electron chi connectivity index (χ3n) is 3.36. The number of hydrogen-bond donors (Lipinski definition) is 1. The standard InChI is InChI=1S/C16H12ClN3O2/c1-20(11-8-6-10(17)7-9-11)16(22)14-15(21)12-4-2-3-5-13(12)18-19-14/h2-9H,1H3,(H,18,21). The van der Waals surface area contributed by atoms with Crippen LogP contribution in [0.1, 0.15) is 10.5 Å². The van der Waals surface area contributed by atoms with Crippen molar-refractivity contribution >= 4 is 34.1 Å². The highest BCUT2D eigenvalue weighted by Crippen LogP contribution is 2.27. The number of rotatable bonds is 2. The molecule has 0 aliphatic rings. The van der Waals surface area contributed by atoms with Gasteiger partial charge in [0.25, 0.3) is 5.91 Å². The SMILES string of the molecule is CN(C(=O)c1nnc2ccccc2c1O)c1ccc(Cl)cc1. The van der Waals surface area contributed by atoms with Gasteiger partial charge in [0, 0.05) is 23.1 Å². The van der Waals surface area contributed by atoms with Gasteiger partial charge in [0.2, 0.25) is 0 Å². The van der Waals surface area contributed by atoms with E-state index in [-0.39, 0.29) is 11.4 Å². The predicted octanol–water partition coefficient (Wildman–Crippen LogP) is 3.27. The molecule has 2 aromatic carbocycles. The highest BCUT2D eigenvalue weighted by Gasteiger charge is 2.21. The molecule has 0 saturated heterocycles. The largest absolute Gasteiger partial charge is 0.505 e. The average molecular weight is 314 g/mol. The van der Waals surface area contributed by atoms with E-state index in [1.54, 1.807) is 55.6 Å². The Bertz CT molecular complexity index is 850. The number of hydrogen-bond acceptors (Lipinski definition) is 4. The van der Waals surface area contributed by atoms with E-state index in [9.17, 15) is 9.90 Å². The minimum Gasteiger partial charge on any atom is -0.505 e. The molecule has 110 valence electrons. The molecule has 0 atom stereocenters. The molecule has 3 aromatic rings. The van der Waals surface area contributed by atoms with Gasteiger partial charge >= 0.3 is 0 Å². The second-order valence-corrected chi connectivity index (χ2v) is 5.19. The molecular formula is C16H12ClN3O2. The molecule has 1 heterocycles. The lowest BCUT2D eigenvalue weighted by Crippen LogP contribution is -2.27. The third-order valence-corrected chi connectivity index (χ3v) is 3.61. The normalized spacial score (nSPS) is 10.6. The van der Waals surface area contributed by atoms with Gasteiger partial charge in [0.15, 0.2) is 11.4 Å². The molecule has 1 amide bonds. The zero-order valence-corrected chi connectivity index (χ0v) is 12.4. The van der Waals surface area contributed by atoms with Crippen molar-refractivity contribution in [3.05, 3.63) is 59.2 Å². The van der Waals surface area contributed by atoms with Gasteiger partial charge in [-0.2, -0.15) is 0 Å². The Balaban J connectivity index is 2.01. The van der Waals surface area contributed by atoms with Gasteiger partial charge in [-0.25, -0.2) is 0 Å². The Morgan fingerprint density at radius 3 is 2.50 bits per heavy atom. The second-order valence-electron chi connectivity index (χ2n) is 4.75. The molecule has 22 heavy (non-hydrogen) atoms. The summed E-state index contributed by atoms with van der Waals surface area (Å²) in [4.78, 5) is 13.9. The number of carbonyl (C=O) groups excluding carboxylic acids is 1. The summed E-state index contributed by atoms with van der Waals surface area (Å²) in [5.74, 6) is -0.616. The van der Waals surface area contributed by atoms with Crippen molar-refractivity contribution in [1.82, 2.24) is 10.2 Å².